The summed E-state index contributed by atoms with van der Waals surface area (Å²) < 4.78 is 0. The van der Waals surface area contributed by atoms with Crippen LogP contribution in [0.15, 0.2) is 11.6 Å². The van der Waals surface area contributed by atoms with Gasteiger partial charge in [0.25, 0.3) is 0 Å². The summed E-state index contributed by atoms with van der Waals surface area (Å²) in [5.41, 5.74) is 0.976. The van der Waals surface area contributed by atoms with Gasteiger partial charge in [-0.05, 0) is 27.2 Å². The summed E-state index contributed by atoms with van der Waals surface area (Å²) >= 11 is 0. The number of hydrogen-bond donors (Lipinski definition) is 2. The van der Waals surface area contributed by atoms with Gasteiger partial charge in [0.2, 0.25) is 5.91 Å². The average molecular weight is 171 g/mol. The molecule has 1 atom stereocenters. The van der Waals surface area contributed by atoms with Crippen molar-refractivity contribution in [3.8, 4) is 0 Å². The number of nitrogens with one attached hydrogen (secondary N) is 1. The quantitative estimate of drug-likeness (QED) is 0.616. The SMILES string of the molecule is CC(C)=CC(=O)NC(C)CCO. The molecule has 70 valence electrons. The summed E-state index contributed by atoms with van der Waals surface area (Å²) in [6, 6.07) is 0.0399. The molecule has 0 saturated heterocycles. The molecule has 0 aromatic rings. The Balaban J connectivity index is 3.77. The minimum absolute atomic E-state index is 0.0399. The van der Waals surface area contributed by atoms with Crippen LogP contribution >= 0.6 is 0 Å². The van der Waals surface area contributed by atoms with E-state index >= 15 is 0 Å². The number of aliphatic hydroxyl groups excluding tert-OH is 1. The second kappa shape index (κ2) is 5.77. The molecule has 0 heterocycles. The van der Waals surface area contributed by atoms with E-state index in [1.807, 2.05) is 20.8 Å². The molecule has 0 radical (unpaired) electrons. The van der Waals surface area contributed by atoms with Crippen LogP contribution in [0, 0.1) is 0 Å². The van der Waals surface area contributed by atoms with E-state index in [2.05, 4.69) is 5.32 Å². The molecule has 0 saturated carbocycles. The smallest absolute Gasteiger partial charge is 0.244 e. The van der Waals surface area contributed by atoms with Gasteiger partial charge in [0.1, 0.15) is 0 Å². The summed E-state index contributed by atoms with van der Waals surface area (Å²) in [5.74, 6) is -0.0871. The van der Waals surface area contributed by atoms with Crippen molar-refractivity contribution in [2.24, 2.45) is 0 Å². The number of amides is 1. The first kappa shape index (κ1) is 11.2. The van der Waals surface area contributed by atoms with E-state index in [4.69, 9.17) is 5.11 Å². The van der Waals surface area contributed by atoms with Crippen LogP contribution in [-0.2, 0) is 4.79 Å². The molecular formula is C9H17NO2. The van der Waals surface area contributed by atoms with Crippen molar-refractivity contribution in [1.82, 2.24) is 5.32 Å². The topological polar surface area (TPSA) is 49.3 Å². The zero-order valence-electron chi connectivity index (χ0n) is 7.92. The molecule has 2 N–H and O–H groups in total. The third kappa shape index (κ3) is 5.92. The lowest BCUT2D eigenvalue weighted by Gasteiger charge is -2.10. The molecule has 0 spiro atoms. The minimum atomic E-state index is -0.0871. The van der Waals surface area contributed by atoms with Crippen LogP contribution in [0.25, 0.3) is 0 Å². The Morgan fingerprint density at radius 2 is 2.17 bits per heavy atom. The number of carbonyl (C=O) groups is 1. The highest BCUT2D eigenvalue weighted by atomic mass is 16.3. The van der Waals surface area contributed by atoms with E-state index in [1.165, 1.54) is 0 Å². The van der Waals surface area contributed by atoms with E-state index in [-0.39, 0.29) is 18.6 Å². The van der Waals surface area contributed by atoms with Gasteiger partial charge < -0.3 is 10.4 Å². The molecular weight excluding hydrogens is 154 g/mol. The highest BCUT2D eigenvalue weighted by molar-refractivity contribution is 5.88. The van der Waals surface area contributed by atoms with Crippen LogP contribution in [0.1, 0.15) is 27.2 Å². The highest BCUT2D eigenvalue weighted by Crippen LogP contribution is 1.91. The molecule has 3 heteroatoms. The molecule has 0 aliphatic carbocycles. The van der Waals surface area contributed by atoms with Gasteiger partial charge in [0.15, 0.2) is 0 Å². The Labute approximate surface area is 73.5 Å². The van der Waals surface area contributed by atoms with Crippen molar-refractivity contribution < 1.29 is 9.90 Å². The Kier molecular flexibility index (Phi) is 5.37. The van der Waals surface area contributed by atoms with Crippen LogP contribution in [0.3, 0.4) is 0 Å². The third-order valence-electron chi connectivity index (χ3n) is 1.37. The van der Waals surface area contributed by atoms with Crippen LogP contribution in [0.5, 0.6) is 0 Å². The van der Waals surface area contributed by atoms with Gasteiger partial charge >= 0.3 is 0 Å². The Hall–Kier alpha value is -0.830. The van der Waals surface area contributed by atoms with Crippen molar-refractivity contribution in [2.75, 3.05) is 6.61 Å². The zero-order valence-corrected chi connectivity index (χ0v) is 7.92. The molecule has 0 aliphatic heterocycles. The number of hydrogen-bond acceptors (Lipinski definition) is 2. The lowest BCUT2D eigenvalue weighted by atomic mass is 10.2. The molecule has 0 rings (SSSR count). The van der Waals surface area contributed by atoms with Gasteiger partial charge in [-0.15, -0.1) is 0 Å². The van der Waals surface area contributed by atoms with E-state index in [0.29, 0.717) is 6.42 Å². The first-order valence-electron chi connectivity index (χ1n) is 4.12. The minimum Gasteiger partial charge on any atom is -0.396 e. The summed E-state index contributed by atoms with van der Waals surface area (Å²) in [4.78, 5) is 11.1. The summed E-state index contributed by atoms with van der Waals surface area (Å²) in [5, 5.41) is 11.3. The largest absolute Gasteiger partial charge is 0.396 e. The van der Waals surface area contributed by atoms with Gasteiger partial charge in [-0.25, -0.2) is 0 Å². The molecule has 1 amide bonds. The summed E-state index contributed by atoms with van der Waals surface area (Å²) in [6.45, 7) is 5.72. The number of rotatable bonds is 4. The van der Waals surface area contributed by atoms with Crippen LogP contribution < -0.4 is 5.32 Å². The Bertz CT molecular complexity index is 171. The molecule has 12 heavy (non-hydrogen) atoms. The fraction of sp³-hybridized carbons (Fsp3) is 0.667. The maximum Gasteiger partial charge on any atom is 0.244 e. The fourth-order valence-corrected chi connectivity index (χ4v) is 0.813. The lowest BCUT2D eigenvalue weighted by molar-refractivity contribution is -0.117. The maximum absolute atomic E-state index is 11.1. The summed E-state index contributed by atoms with van der Waals surface area (Å²) in [7, 11) is 0. The van der Waals surface area contributed by atoms with Crippen LogP contribution in [0.2, 0.25) is 0 Å². The Morgan fingerprint density at radius 3 is 2.58 bits per heavy atom. The Morgan fingerprint density at radius 1 is 1.58 bits per heavy atom. The van der Waals surface area contributed by atoms with Gasteiger partial charge in [0.05, 0.1) is 0 Å². The maximum atomic E-state index is 11.1. The van der Waals surface area contributed by atoms with Crippen molar-refractivity contribution in [3.63, 3.8) is 0 Å². The van der Waals surface area contributed by atoms with E-state index in [1.54, 1.807) is 6.08 Å². The molecule has 0 fully saturated rings. The second-order valence-electron chi connectivity index (χ2n) is 3.14. The fourth-order valence-electron chi connectivity index (χ4n) is 0.813. The lowest BCUT2D eigenvalue weighted by Crippen LogP contribution is -2.31. The van der Waals surface area contributed by atoms with E-state index < -0.39 is 0 Å². The normalized spacial score (nSPS) is 12.0. The van der Waals surface area contributed by atoms with E-state index in [0.717, 1.165) is 5.57 Å². The first-order chi connectivity index (χ1) is 5.56. The van der Waals surface area contributed by atoms with Crippen molar-refractivity contribution >= 4 is 5.91 Å². The molecule has 0 aliphatic rings. The van der Waals surface area contributed by atoms with Gasteiger partial charge in [-0.3, -0.25) is 4.79 Å². The number of aliphatic hydroxyl groups is 1. The summed E-state index contributed by atoms with van der Waals surface area (Å²) in [6.07, 6.45) is 2.15. The van der Waals surface area contributed by atoms with Gasteiger partial charge in [0, 0.05) is 18.7 Å². The van der Waals surface area contributed by atoms with Crippen LogP contribution in [-0.4, -0.2) is 23.7 Å². The predicted molar refractivity (Wildman–Crippen MR) is 48.7 cm³/mol. The van der Waals surface area contributed by atoms with Gasteiger partial charge in [-0.2, -0.15) is 0 Å². The van der Waals surface area contributed by atoms with Crippen molar-refractivity contribution in [2.45, 2.75) is 33.2 Å². The highest BCUT2D eigenvalue weighted by Gasteiger charge is 2.02. The van der Waals surface area contributed by atoms with Crippen LogP contribution in [0.4, 0.5) is 0 Å². The zero-order chi connectivity index (χ0) is 9.56. The van der Waals surface area contributed by atoms with Crippen molar-refractivity contribution in [1.29, 1.82) is 0 Å². The molecule has 0 bridgehead atoms. The molecule has 0 aromatic carbocycles. The third-order valence-corrected chi connectivity index (χ3v) is 1.37. The van der Waals surface area contributed by atoms with E-state index in [9.17, 15) is 4.79 Å². The average Bonchev–Trinajstić information content (AvgIpc) is 1.84. The molecule has 3 nitrogen and oxygen atoms in total. The van der Waals surface area contributed by atoms with Gasteiger partial charge in [-0.1, -0.05) is 5.57 Å². The number of carbonyl (C=O) groups excluding carboxylic acids is 1. The monoisotopic (exact) mass is 171 g/mol. The number of allylic oxidation sites excluding steroid dienone is 1. The molecule has 1 unspecified atom stereocenters. The first-order valence-corrected chi connectivity index (χ1v) is 4.12. The van der Waals surface area contributed by atoms with Crippen molar-refractivity contribution in [3.05, 3.63) is 11.6 Å². The second-order valence-corrected chi connectivity index (χ2v) is 3.14. The predicted octanol–water partition coefficient (Wildman–Crippen LogP) is 0.840. The standard InChI is InChI=1S/C9H17NO2/c1-7(2)6-9(12)10-8(3)4-5-11/h6,8,11H,4-5H2,1-3H3,(H,10,12). The molecule has 0 aromatic heterocycles.